The minimum Gasteiger partial charge on any atom is -0.356 e. The summed E-state index contributed by atoms with van der Waals surface area (Å²) in [6.45, 7) is 9.32. The van der Waals surface area contributed by atoms with Crippen molar-refractivity contribution < 1.29 is 0 Å². The quantitative estimate of drug-likeness (QED) is 0.106. The molecule has 1 rings (SSSR count). The zero-order valence-electron chi connectivity index (χ0n) is 24.7. The lowest BCUT2D eigenvalue weighted by atomic mass is 10.0. The summed E-state index contributed by atoms with van der Waals surface area (Å²) in [6, 6.07) is 0. The number of hydrogen-bond acceptors (Lipinski definition) is 2. The van der Waals surface area contributed by atoms with Gasteiger partial charge in [0.25, 0.3) is 0 Å². The van der Waals surface area contributed by atoms with Crippen molar-refractivity contribution >= 4 is 0 Å². The predicted molar refractivity (Wildman–Crippen MR) is 159 cm³/mol. The van der Waals surface area contributed by atoms with Gasteiger partial charge in [-0.2, -0.15) is 0 Å². The van der Waals surface area contributed by atoms with E-state index in [4.69, 9.17) is 0 Å². The van der Waals surface area contributed by atoms with Crippen LogP contribution in [0.2, 0.25) is 0 Å². The monoisotopic (exact) mass is 491 g/mol. The summed E-state index contributed by atoms with van der Waals surface area (Å²) in [6.07, 6.45) is 41.3. The molecule has 0 aromatic rings. The van der Waals surface area contributed by atoms with E-state index in [9.17, 15) is 0 Å². The van der Waals surface area contributed by atoms with Crippen molar-refractivity contribution in [2.45, 2.75) is 187 Å². The number of nitrogens with zero attached hydrogens (tertiary/aromatic N) is 2. The first-order valence-electron chi connectivity index (χ1n) is 16.5. The average molecular weight is 491 g/mol. The van der Waals surface area contributed by atoms with E-state index in [2.05, 4.69) is 43.0 Å². The first kappa shape index (κ1) is 32.4. The van der Waals surface area contributed by atoms with Gasteiger partial charge < -0.3 is 9.80 Å². The largest absolute Gasteiger partial charge is 0.356 e. The van der Waals surface area contributed by atoms with Crippen LogP contribution < -0.4 is 0 Å². The number of hydrogen-bond donors (Lipinski definition) is 0. The molecule has 2 nitrogen and oxygen atoms in total. The molecule has 0 spiro atoms. The molecule has 1 atom stereocenters. The highest BCUT2D eigenvalue weighted by Crippen LogP contribution is 2.23. The van der Waals surface area contributed by atoms with Gasteiger partial charge in [-0.05, 0) is 26.2 Å². The van der Waals surface area contributed by atoms with Gasteiger partial charge >= 0.3 is 0 Å². The van der Waals surface area contributed by atoms with Gasteiger partial charge in [-0.3, -0.25) is 0 Å². The minimum absolute atomic E-state index is 0.635. The lowest BCUT2D eigenvalue weighted by Crippen LogP contribution is -2.38. The summed E-state index contributed by atoms with van der Waals surface area (Å²) in [7, 11) is 0. The normalized spacial score (nSPS) is 15.6. The van der Waals surface area contributed by atoms with Crippen molar-refractivity contribution in [1.29, 1.82) is 0 Å². The molecule has 1 aliphatic heterocycles. The van der Waals surface area contributed by atoms with Crippen LogP contribution in [0.3, 0.4) is 0 Å². The minimum atomic E-state index is 0.635. The maximum absolute atomic E-state index is 2.64. The molecule has 0 amide bonds. The fraction of sp³-hybridized carbons (Fsp3) is 0.939. The second-order valence-corrected chi connectivity index (χ2v) is 11.4. The van der Waals surface area contributed by atoms with Crippen molar-refractivity contribution in [3.8, 4) is 0 Å². The van der Waals surface area contributed by atoms with E-state index in [0.29, 0.717) is 6.17 Å². The molecule has 2 heteroatoms. The molecule has 1 heterocycles. The number of unbranched alkanes of at least 4 members (excludes halogenated alkanes) is 22. The molecule has 0 aliphatic carbocycles. The lowest BCUT2D eigenvalue weighted by molar-refractivity contribution is 0.142. The van der Waals surface area contributed by atoms with Gasteiger partial charge in [-0.1, -0.05) is 155 Å². The highest BCUT2D eigenvalue weighted by Gasteiger charge is 2.23. The molecule has 0 fully saturated rings. The summed E-state index contributed by atoms with van der Waals surface area (Å²) in [5.74, 6) is 0. The smallest absolute Gasteiger partial charge is 0.101 e. The zero-order chi connectivity index (χ0) is 25.2. The topological polar surface area (TPSA) is 6.48 Å². The van der Waals surface area contributed by atoms with E-state index in [1.807, 2.05) is 0 Å². The highest BCUT2D eigenvalue weighted by molar-refractivity contribution is 4.96. The molecule has 0 radical (unpaired) electrons. The molecule has 0 saturated heterocycles. The van der Waals surface area contributed by atoms with Gasteiger partial charge in [0.2, 0.25) is 0 Å². The number of rotatable bonds is 27. The van der Waals surface area contributed by atoms with Crippen LogP contribution in [-0.4, -0.2) is 29.1 Å². The molecule has 0 bridgehead atoms. The Morgan fingerprint density at radius 3 is 1.14 bits per heavy atom. The second-order valence-electron chi connectivity index (χ2n) is 11.4. The van der Waals surface area contributed by atoms with Crippen LogP contribution in [0.5, 0.6) is 0 Å². The van der Waals surface area contributed by atoms with Gasteiger partial charge in [0.1, 0.15) is 6.17 Å². The van der Waals surface area contributed by atoms with Gasteiger partial charge in [0, 0.05) is 25.5 Å². The molecule has 208 valence electrons. The Morgan fingerprint density at radius 1 is 0.400 bits per heavy atom. The Morgan fingerprint density at radius 2 is 0.743 bits per heavy atom. The molecule has 0 saturated carbocycles. The van der Waals surface area contributed by atoms with E-state index >= 15 is 0 Å². The Labute approximate surface area is 222 Å². The van der Waals surface area contributed by atoms with Crippen LogP contribution in [0.4, 0.5) is 0 Å². The van der Waals surface area contributed by atoms with E-state index in [1.165, 1.54) is 167 Å². The van der Waals surface area contributed by atoms with Gasteiger partial charge in [0.05, 0.1) is 0 Å². The third-order valence-electron chi connectivity index (χ3n) is 8.17. The molecule has 1 unspecified atom stereocenters. The first-order valence-corrected chi connectivity index (χ1v) is 16.5. The summed E-state index contributed by atoms with van der Waals surface area (Å²) >= 11 is 0. The van der Waals surface area contributed by atoms with E-state index in [1.54, 1.807) is 0 Å². The van der Waals surface area contributed by atoms with Crippen LogP contribution in [0, 0.1) is 0 Å². The van der Waals surface area contributed by atoms with Crippen LogP contribution in [0.15, 0.2) is 12.4 Å². The van der Waals surface area contributed by atoms with Crippen LogP contribution in [-0.2, 0) is 0 Å². The third kappa shape index (κ3) is 18.3. The van der Waals surface area contributed by atoms with E-state index in [0.717, 1.165) is 6.54 Å². The standard InChI is InChI=1S/C33H66N2/c1-4-7-9-11-13-15-16-17-18-19-20-21-22-23-25-27-29-33-34(6-3)31-32-35(33)30-28-26-24-14-12-10-8-5-2/h31-33H,4-30H2,1-3H3. The summed E-state index contributed by atoms with van der Waals surface area (Å²) in [5.41, 5.74) is 0. The summed E-state index contributed by atoms with van der Waals surface area (Å²) < 4.78 is 0. The summed E-state index contributed by atoms with van der Waals surface area (Å²) in [4.78, 5) is 5.21. The Bertz CT molecular complexity index is 446. The molecule has 0 aromatic heterocycles. The fourth-order valence-electron chi connectivity index (χ4n) is 5.74. The molecule has 35 heavy (non-hydrogen) atoms. The highest BCUT2D eigenvalue weighted by atomic mass is 15.4. The predicted octanol–water partition coefficient (Wildman–Crippen LogP) is 11.2. The molecule has 0 aromatic carbocycles. The Kier molecular flexibility index (Phi) is 23.1. The van der Waals surface area contributed by atoms with Gasteiger partial charge in [-0.15, -0.1) is 0 Å². The molecule has 0 N–H and O–H groups in total. The van der Waals surface area contributed by atoms with E-state index in [-0.39, 0.29) is 0 Å². The summed E-state index contributed by atoms with van der Waals surface area (Å²) in [5, 5.41) is 0. The van der Waals surface area contributed by atoms with Crippen LogP contribution in [0.1, 0.15) is 181 Å². The first-order chi connectivity index (χ1) is 17.3. The second kappa shape index (κ2) is 25.0. The lowest BCUT2D eigenvalue weighted by Gasteiger charge is -2.32. The Balaban J connectivity index is 1.94. The van der Waals surface area contributed by atoms with Gasteiger partial charge in [-0.25, -0.2) is 0 Å². The maximum Gasteiger partial charge on any atom is 0.101 e. The molecular weight excluding hydrogens is 424 g/mol. The Hall–Kier alpha value is -0.660. The van der Waals surface area contributed by atoms with Crippen LogP contribution >= 0.6 is 0 Å². The molecule has 1 aliphatic rings. The molecular formula is C33H66N2. The maximum atomic E-state index is 2.64. The SMILES string of the molecule is CCCCCCCCCCCCCCCCCCC1N(CC)C=CN1CCCCCCCCCC. The van der Waals surface area contributed by atoms with E-state index < -0.39 is 0 Å². The van der Waals surface area contributed by atoms with Crippen molar-refractivity contribution in [3.05, 3.63) is 12.4 Å². The van der Waals surface area contributed by atoms with Crippen molar-refractivity contribution in [3.63, 3.8) is 0 Å². The van der Waals surface area contributed by atoms with Crippen molar-refractivity contribution in [1.82, 2.24) is 9.80 Å². The van der Waals surface area contributed by atoms with Crippen LogP contribution in [0.25, 0.3) is 0 Å². The van der Waals surface area contributed by atoms with Crippen molar-refractivity contribution in [2.24, 2.45) is 0 Å². The van der Waals surface area contributed by atoms with Gasteiger partial charge in [0.15, 0.2) is 0 Å². The zero-order valence-corrected chi connectivity index (χ0v) is 24.7. The van der Waals surface area contributed by atoms with Crippen molar-refractivity contribution in [2.75, 3.05) is 13.1 Å². The fourth-order valence-corrected chi connectivity index (χ4v) is 5.74. The average Bonchev–Trinajstić information content (AvgIpc) is 3.27. The third-order valence-corrected chi connectivity index (χ3v) is 8.17.